The van der Waals surface area contributed by atoms with Crippen LogP contribution < -0.4 is 4.74 Å². The predicted octanol–water partition coefficient (Wildman–Crippen LogP) is 2.78. The summed E-state index contributed by atoms with van der Waals surface area (Å²) in [4.78, 5) is 0. The summed E-state index contributed by atoms with van der Waals surface area (Å²) in [6, 6.07) is 7.81. The summed E-state index contributed by atoms with van der Waals surface area (Å²) in [5.41, 5.74) is 0.591. The normalized spacial score (nSPS) is 9.85. The minimum absolute atomic E-state index is 0.591. The van der Waals surface area contributed by atoms with E-state index < -0.39 is 0 Å². The topological polar surface area (TPSA) is 33.0 Å². The molecule has 0 radical (unpaired) electrons. The van der Waals surface area contributed by atoms with Gasteiger partial charge in [-0.25, -0.2) is 0 Å². The molecule has 1 heterocycles. The molecule has 2 rings (SSSR count). The van der Waals surface area contributed by atoms with Crippen LogP contribution in [0.5, 0.6) is 5.75 Å². The second kappa shape index (κ2) is 3.08. The van der Waals surface area contributed by atoms with Crippen molar-refractivity contribution < 1.29 is 4.74 Å². The van der Waals surface area contributed by atoms with Gasteiger partial charge in [0, 0.05) is 10.1 Å². The monoisotopic (exact) mass is 189 g/mol. The van der Waals surface area contributed by atoms with Crippen molar-refractivity contribution >= 4 is 21.4 Å². The molecule has 2 nitrogen and oxygen atoms in total. The summed E-state index contributed by atoms with van der Waals surface area (Å²) in [6.07, 6.45) is 0. The van der Waals surface area contributed by atoms with Crippen molar-refractivity contribution in [2.45, 2.75) is 0 Å². The molecule has 2 aromatic rings. The zero-order valence-corrected chi connectivity index (χ0v) is 7.89. The second-order valence-corrected chi connectivity index (χ2v) is 3.54. The lowest BCUT2D eigenvalue weighted by molar-refractivity contribution is 0.418. The quantitative estimate of drug-likeness (QED) is 0.691. The molecule has 0 aliphatic rings. The number of rotatable bonds is 1. The zero-order chi connectivity index (χ0) is 9.26. The first-order chi connectivity index (χ1) is 6.36. The van der Waals surface area contributed by atoms with Gasteiger partial charge in [0.25, 0.3) is 0 Å². The summed E-state index contributed by atoms with van der Waals surface area (Å²) < 4.78 is 6.34. The Labute approximate surface area is 80.0 Å². The van der Waals surface area contributed by atoms with Crippen LogP contribution in [0.15, 0.2) is 23.6 Å². The zero-order valence-electron chi connectivity index (χ0n) is 7.07. The lowest BCUT2D eigenvalue weighted by atomic mass is 10.1. The van der Waals surface area contributed by atoms with Gasteiger partial charge < -0.3 is 4.74 Å². The summed E-state index contributed by atoms with van der Waals surface area (Å²) in [7, 11) is 1.59. The third-order valence-electron chi connectivity index (χ3n) is 1.91. The molecule has 0 N–H and O–H groups in total. The maximum atomic E-state index is 8.82. The molecular weight excluding hydrogens is 182 g/mol. The van der Waals surface area contributed by atoms with E-state index in [1.807, 2.05) is 17.5 Å². The van der Waals surface area contributed by atoms with Gasteiger partial charge in [-0.3, -0.25) is 0 Å². The number of nitrogens with zero attached hydrogens (tertiary/aromatic N) is 1. The van der Waals surface area contributed by atoms with Crippen molar-refractivity contribution in [2.24, 2.45) is 0 Å². The van der Waals surface area contributed by atoms with Crippen molar-refractivity contribution in [3.63, 3.8) is 0 Å². The molecule has 0 saturated heterocycles. The standard InChI is InChI=1S/C10H7NOS/c1-12-10-7(6-11)2-3-9-8(10)4-5-13-9/h2-5H,1H3. The number of fused-ring (bicyclic) bond motifs is 1. The largest absolute Gasteiger partial charge is 0.495 e. The van der Waals surface area contributed by atoms with Crippen LogP contribution in [-0.2, 0) is 0 Å². The number of nitriles is 1. The molecule has 0 aliphatic heterocycles. The molecule has 0 saturated carbocycles. The SMILES string of the molecule is COc1c(C#N)ccc2sccc12. The molecule has 1 aromatic carbocycles. The van der Waals surface area contributed by atoms with Gasteiger partial charge in [0.2, 0.25) is 0 Å². The van der Waals surface area contributed by atoms with Crippen LogP contribution in [0.1, 0.15) is 5.56 Å². The number of hydrogen-bond donors (Lipinski definition) is 0. The summed E-state index contributed by atoms with van der Waals surface area (Å²) >= 11 is 1.65. The second-order valence-electron chi connectivity index (χ2n) is 2.59. The van der Waals surface area contributed by atoms with Crippen LogP contribution in [0, 0.1) is 11.3 Å². The van der Waals surface area contributed by atoms with E-state index in [1.165, 1.54) is 0 Å². The maximum Gasteiger partial charge on any atom is 0.145 e. The number of methoxy groups -OCH3 is 1. The number of ether oxygens (including phenoxy) is 1. The molecular formula is C10H7NOS. The van der Waals surface area contributed by atoms with Gasteiger partial charge in [0.05, 0.1) is 12.7 Å². The molecule has 13 heavy (non-hydrogen) atoms. The number of benzene rings is 1. The Morgan fingerprint density at radius 3 is 2.92 bits per heavy atom. The number of hydrogen-bond acceptors (Lipinski definition) is 3. The van der Waals surface area contributed by atoms with E-state index in [0.29, 0.717) is 11.3 Å². The maximum absolute atomic E-state index is 8.82. The van der Waals surface area contributed by atoms with Crippen LogP contribution in [0.25, 0.3) is 10.1 Å². The first-order valence-corrected chi connectivity index (χ1v) is 4.69. The Morgan fingerprint density at radius 2 is 2.23 bits per heavy atom. The minimum atomic E-state index is 0.591. The van der Waals surface area contributed by atoms with Gasteiger partial charge in [0.15, 0.2) is 0 Å². The molecule has 0 aliphatic carbocycles. The van der Waals surface area contributed by atoms with E-state index in [0.717, 1.165) is 10.1 Å². The molecule has 3 heteroatoms. The highest BCUT2D eigenvalue weighted by molar-refractivity contribution is 7.17. The van der Waals surface area contributed by atoms with Crippen LogP contribution in [0.3, 0.4) is 0 Å². The summed E-state index contributed by atoms with van der Waals surface area (Å²) in [5.74, 6) is 0.682. The van der Waals surface area contributed by atoms with Crippen molar-refractivity contribution in [3.8, 4) is 11.8 Å². The molecule has 0 amide bonds. The molecule has 0 unspecified atom stereocenters. The van der Waals surface area contributed by atoms with E-state index in [9.17, 15) is 0 Å². The Hall–Kier alpha value is -1.53. The predicted molar refractivity (Wildman–Crippen MR) is 53.1 cm³/mol. The van der Waals surface area contributed by atoms with E-state index in [-0.39, 0.29) is 0 Å². The van der Waals surface area contributed by atoms with Crippen LogP contribution >= 0.6 is 11.3 Å². The highest BCUT2D eigenvalue weighted by atomic mass is 32.1. The minimum Gasteiger partial charge on any atom is -0.495 e. The Morgan fingerprint density at radius 1 is 1.38 bits per heavy atom. The smallest absolute Gasteiger partial charge is 0.145 e. The Kier molecular flexibility index (Phi) is 1.91. The van der Waals surface area contributed by atoms with Gasteiger partial charge >= 0.3 is 0 Å². The average Bonchev–Trinajstić information content (AvgIpc) is 2.63. The summed E-state index contributed by atoms with van der Waals surface area (Å²) in [5, 5.41) is 11.8. The van der Waals surface area contributed by atoms with Gasteiger partial charge in [0.1, 0.15) is 11.8 Å². The van der Waals surface area contributed by atoms with Gasteiger partial charge in [-0.15, -0.1) is 11.3 Å². The summed E-state index contributed by atoms with van der Waals surface area (Å²) in [6.45, 7) is 0. The van der Waals surface area contributed by atoms with Crippen molar-refractivity contribution in [2.75, 3.05) is 7.11 Å². The molecule has 0 spiro atoms. The van der Waals surface area contributed by atoms with Crippen molar-refractivity contribution in [1.29, 1.82) is 5.26 Å². The molecule has 0 bridgehead atoms. The van der Waals surface area contributed by atoms with E-state index >= 15 is 0 Å². The van der Waals surface area contributed by atoms with Crippen molar-refractivity contribution in [3.05, 3.63) is 29.1 Å². The van der Waals surface area contributed by atoms with E-state index in [1.54, 1.807) is 24.5 Å². The first-order valence-electron chi connectivity index (χ1n) is 3.81. The molecule has 0 atom stereocenters. The average molecular weight is 189 g/mol. The fourth-order valence-electron chi connectivity index (χ4n) is 1.33. The first kappa shape index (κ1) is 8.09. The fourth-order valence-corrected chi connectivity index (χ4v) is 2.11. The third kappa shape index (κ3) is 1.16. The molecule has 0 fully saturated rings. The third-order valence-corrected chi connectivity index (χ3v) is 2.79. The Bertz CT molecular complexity index is 481. The lowest BCUT2D eigenvalue weighted by Crippen LogP contribution is -1.87. The van der Waals surface area contributed by atoms with Gasteiger partial charge in [-0.05, 0) is 23.6 Å². The highest BCUT2D eigenvalue weighted by Crippen LogP contribution is 2.32. The number of thiophene rings is 1. The van der Waals surface area contributed by atoms with Gasteiger partial charge in [-0.2, -0.15) is 5.26 Å². The van der Waals surface area contributed by atoms with E-state index in [2.05, 4.69) is 6.07 Å². The van der Waals surface area contributed by atoms with Crippen molar-refractivity contribution in [1.82, 2.24) is 0 Å². The van der Waals surface area contributed by atoms with Crippen LogP contribution in [0.4, 0.5) is 0 Å². The van der Waals surface area contributed by atoms with Crippen LogP contribution in [-0.4, -0.2) is 7.11 Å². The molecule has 1 aromatic heterocycles. The highest BCUT2D eigenvalue weighted by Gasteiger charge is 2.07. The Balaban J connectivity index is 2.84. The fraction of sp³-hybridized carbons (Fsp3) is 0.100. The van der Waals surface area contributed by atoms with Crippen LogP contribution in [0.2, 0.25) is 0 Å². The van der Waals surface area contributed by atoms with E-state index in [4.69, 9.17) is 10.00 Å². The molecule has 64 valence electrons. The van der Waals surface area contributed by atoms with Gasteiger partial charge in [-0.1, -0.05) is 0 Å². The lowest BCUT2D eigenvalue weighted by Gasteiger charge is -2.02.